The number of likely N-dealkylation sites (tertiary alicyclic amines) is 1. The average molecular weight is 551 g/mol. The molecule has 4 rings (SSSR count). The summed E-state index contributed by atoms with van der Waals surface area (Å²) in [4.78, 5) is 18.5. The van der Waals surface area contributed by atoms with Gasteiger partial charge in [-0.1, -0.05) is 0 Å². The van der Waals surface area contributed by atoms with Crippen LogP contribution in [-0.2, 0) is 11.4 Å². The Bertz CT molecular complexity index is 1300. The number of hydrogen-bond acceptors (Lipinski definition) is 6. The number of aliphatic hydroxyl groups is 1. The molecule has 0 aliphatic carbocycles. The minimum absolute atomic E-state index is 0.0551. The number of carboxylic acid groups (broad SMARTS) is 1. The molecule has 1 aliphatic rings. The van der Waals surface area contributed by atoms with Crippen molar-refractivity contribution in [2.24, 2.45) is 5.41 Å². The van der Waals surface area contributed by atoms with Crippen molar-refractivity contribution in [1.82, 2.24) is 9.88 Å². The van der Waals surface area contributed by atoms with Crippen molar-refractivity contribution in [3.8, 4) is 11.5 Å². The zero-order valence-corrected chi connectivity index (χ0v) is 21.4. The Morgan fingerprint density at radius 2 is 1.82 bits per heavy atom. The number of pyridine rings is 1. The molecule has 0 amide bonds. The van der Waals surface area contributed by atoms with Gasteiger partial charge in [0.2, 0.25) is 0 Å². The van der Waals surface area contributed by atoms with Crippen LogP contribution in [0.3, 0.4) is 0 Å². The summed E-state index contributed by atoms with van der Waals surface area (Å²) in [5.74, 6) is -4.87. The molecular weight excluding hydrogens is 520 g/mol. The highest BCUT2D eigenvalue weighted by Gasteiger charge is 2.41. The van der Waals surface area contributed by atoms with E-state index >= 15 is 4.39 Å². The van der Waals surface area contributed by atoms with Crippen LogP contribution in [0.4, 0.5) is 17.6 Å². The third kappa shape index (κ3) is 6.25. The van der Waals surface area contributed by atoms with E-state index in [1.165, 1.54) is 13.3 Å². The first-order chi connectivity index (χ1) is 18.7. The lowest BCUT2D eigenvalue weighted by Crippen LogP contribution is -2.45. The minimum Gasteiger partial charge on any atom is -0.497 e. The molecule has 0 bridgehead atoms. The Balaban J connectivity index is 1.38. The summed E-state index contributed by atoms with van der Waals surface area (Å²) >= 11 is 0. The number of aliphatic hydroxyl groups excluding tert-OH is 1. The van der Waals surface area contributed by atoms with Gasteiger partial charge in [0, 0.05) is 41.4 Å². The average Bonchev–Trinajstić information content (AvgIpc) is 2.94. The van der Waals surface area contributed by atoms with E-state index in [1.54, 1.807) is 18.2 Å². The molecule has 210 valence electrons. The van der Waals surface area contributed by atoms with Crippen LogP contribution < -0.4 is 9.47 Å². The van der Waals surface area contributed by atoms with Crippen molar-refractivity contribution in [1.29, 1.82) is 0 Å². The number of aliphatic carboxylic acids is 1. The summed E-state index contributed by atoms with van der Waals surface area (Å²) in [6.45, 7) is 0.854. The highest BCUT2D eigenvalue weighted by atomic mass is 19.2. The Morgan fingerprint density at radius 1 is 1.13 bits per heavy atom. The van der Waals surface area contributed by atoms with Crippen molar-refractivity contribution in [2.45, 2.75) is 38.5 Å². The maximum Gasteiger partial charge on any atom is 0.309 e. The van der Waals surface area contributed by atoms with E-state index in [2.05, 4.69) is 4.98 Å². The maximum absolute atomic E-state index is 15.7. The molecule has 2 aromatic carbocycles. The standard InChI is InChI=1S/C28H30F4N2O5/c1-38-18-2-3-24-20(12-18)25(17(16-35)15-33-24)21(29)4-5-28(27(36)37)6-8-34(9-7-28)10-11-39-19-13-22(30)26(32)23(31)14-19/h2-3,12-15,21,35H,4-11,16H2,1H3,(H,36,37). The van der Waals surface area contributed by atoms with Crippen LogP contribution in [-0.4, -0.2) is 59.4 Å². The lowest BCUT2D eigenvalue weighted by molar-refractivity contribution is -0.153. The van der Waals surface area contributed by atoms with Crippen molar-refractivity contribution >= 4 is 16.9 Å². The predicted molar refractivity (Wildman–Crippen MR) is 135 cm³/mol. The largest absolute Gasteiger partial charge is 0.497 e. The van der Waals surface area contributed by atoms with E-state index in [-0.39, 0.29) is 43.6 Å². The lowest BCUT2D eigenvalue weighted by atomic mass is 9.74. The molecule has 1 saturated heterocycles. The van der Waals surface area contributed by atoms with Crippen LogP contribution in [0.25, 0.3) is 10.9 Å². The lowest BCUT2D eigenvalue weighted by Gasteiger charge is -2.39. The number of fused-ring (bicyclic) bond motifs is 1. The van der Waals surface area contributed by atoms with Crippen molar-refractivity contribution in [3.63, 3.8) is 0 Å². The number of rotatable bonds is 11. The molecule has 3 aromatic rings. The summed E-state index contributed by atoms with van der Waals surface area (Å²) in [7, 11) is 1.49. The SMILES string of the molecule is COc1ccc2ncc(CO)c(C(F)CCC3(C(=O)O)CCN(CCOc4cc(F)c(F)c(F)c4)CC3)c2c1. The number of methoxy groups -OCH3 is 1. The van der Waals surface area contributed by atoms with E-state index in [0.717, 1.165) is 12.1 Å². The molecule has 0 radical (unpaired) electrons. The van der Waals surface area contributed by atoms with Gasteiger partial charge in [-0.05, 0) is 57.0 Å². The van der Waals surface area contributed by atoms with Crippen LogP contribution in [0.2, 0.25) is 0 Å². The molecule has 1 atom stereocenters. The molecule has 1 aliphatic heterocycles. The summed E-state index contributed by atoms with van der Waals surface area (Å²) in [5.41, 5.74) is 0.0407. The molecule has 0 saturated carbocycles. The zero-order valence-electron chi connectivity index (χ0n) is 21.4. The summed E-state index contributed by atoms with van der Waals surface area (Å²) in [6.07, 6.45) is 0.517. The topological polar surface area (TPSA) is 92.1 Å². The molecule has 7 nitrogen and oxygen atoms in total. The number of piperidine rings is 1. The van der Waals surface area contributed by atoms with E-state index in [4.69, 9.17) is 9.47 Å². The van der Waals surface area contributed by atoms with Gasteiger partial charge >= 0.3 is 5.97 Å². The summed E-state index contributed by atoms with van der Waals surface area (Å²) < 4.78 is 66.2. The third-order valence-corrected chi connectivity index (χ3v) is 7.46. The highest BCUT2D eigenvalue weighted by Crippen LogP contribution is 2.41. The van der Waals surface area contributed by atoms with Gasteiger partial charge in [-0.25, -0.2) is 17.6 Å². The smallest absolute Gasteiger partial charge is 0.309 e. The van der Waals surface area contributed by atoms with E-state index in [9.17, 15) is 28.2 Å². The monoisotopic (exact) mass is 550 g/mol. The van der Waals surface area contributed by atoms with E-state index in [1.807, 2.05) is 4.90 Å². The molecule has 2 N–H and O–H groups in total. The number of ether oxygens (including phenoxy) is 2. The quantitative estimate of drug-likeness (QED) is 0.251. The van der Waals surface area contributed by atoms with Gasteiger partial charge in [0.15, 0.2) is 17.5 Å². The van der Waals surface area contributed by atoms with Crippen molar-refractivity contribution in [3.05, 3.63) is 65.1 Å². The zero-order chi connectivity index (χ0) is 28.2. The Morgan fingerprint density at radius 3 is 2.44 bits per heavy atom. The number of nitrogens with zero attached hydrogens (tertiary/aromatic N) is 2. The second-order valence-electron chi connectivity index (χ2n) is 9.72. The number of benzene rings is 2. The predicted octanol–water partition coefficient (Wildman–Crippen LogP) is 5.19. The van der Waals surface area contributed by atoms with Gasteiger partial charge in [0.1, 0.15) is 24.3 Å². The van der Waals surface area contributed by atoms with Gasteiger partial charge in [-0.15, -0.1) is 0 Å². The molecule has 1 aromatic heterocycles. The van der Waals surface area contributed by atoms with Crippen molar-refractivity contribution < 1.29 is 42.0 Å². The Hall–Kier alpha value is -3.44. The molecule has 0 spiro atoms. The first-order valence-electron chi connectivity index (χ1n) is 12.6. The molecular formula is C28H30F4N2O5. The fraction of sp³-hybridized carbons (Fsp3) is 0.429. The number of alkyl halides is 1. The third-order valence-electron chi connectivity index (χ3n) is 7.46. The van der Waals surface area contributed by atoms with Crippen molar-refractivity contribution in [2.75, 3.05) is 33.4 Å². The number of hydrogen-bond donors (Lipinski definition) is 2. The normalized spacial score (nSPS) is 16.3. The van der Waals surface area contributed by atoms with Gasteiger partial charge in [0.05, 0.1) is 24.6 Å². The van der Waals surface area contributed by atoms with Crippen LogP contribution in [0.5, 0.6) is 11.5 Å². The second kappa shape index (κ2) is 12.2. The molecule has 39 heavy (non-hydrogen) atoms. The first-order valence-corrected chi connectivity index (χ1v) is 12.6. The van der Waals surface area contributed by atoms with Crippen LogP contribution in [0.15, 0.2) is 36.5 Å². The van der Waals surface area contributed by atoms with Crippen LogP contribution in [0.1, 0.15) is 43.0 Å². The number of carbonyl (C=O) groups is 1. The number of carboxylic acids is 1. The fourth-order valence-electron chi connectivity index (χ4n) is 5.09. The second-order valence-corrected chi connectivity index (χ2v) is 9.72. The van der Waals surface area contributed by atoms with Gasteiger partial charge in [0.25, 0.3) is 0 Å². The molecule has 2 heterocycles. The van der Waals surface area contributed by atoms with Crippen LogP contribution >= 0.6 is 0 Å². The first kappa shape index (κ1) is 28.6. The van der Waals surface area contributed by atoms with E-state index < -0.39 is 41.6 Å². The molecule has 1 unspecified atom stereocenters. The van der Waals surface area contributed by atoms with Crippen LogP contribution in [0, 0.1) is 22.9 Å². The number of halogens is 4. The molecule has 1 fully saturated rings. The fourth-order valence-corrected chi connectivity index (χ4v) is 5.09. The summed E-state index contributed by atoms with van der Waals surface area (Å²) in [5, 5.41) is 20.4. The van der Waals surface area contributed by atoms with Gasteiger partial charge < -0.3 is 19.7 Å². The highest BCUT2D eigenvalue weighted by molar-refractivity contribution is 5.85. The van der Waals surface area contributed by atoms with E-state index in [0.29, 0.717) is 41.9 Å². The number of aromatic nitrogens is 1. The van der Waals surface area contributed by atoms with Gasteiger partial charge in [-0.2, -0.15) is 0 Å². The van der Waals surface area contributed by atoms with Gasteiger partial charge in [-0.3, -0.25) is 14.7 Å². The minimum atomic E-state index is -1.57. The molecule has 11 heteroatoms. The maximum atomic E-state index is 15.7. The summed E-state index contributed by atoms with van der Waals surface area (Å²) in [6, 6.07) is 6.60. The Kier molecular flexibility index (Phi) is 8.91. The Labute approximate surface area is 223 Å².